The average Bonchev–Trinajstić information content (AvgIpc) is 2.38. The number of pyridine rings is 2. The molecular formula is C16H24N4+2. The molecule has 4 heteroatoms. The zero-order valence-electron chi connectivity index (χ0n) is 12.8. The summed E-state index contributed by atoms with van der Waals surface area (Å²) in [6.45, 7) is 1.89. The minimum Gasteiger partial charge on any atom is -0.305 e. The Morgan fingerprint density at radius 2 is 1.15 bits per heavy atom. The van der Waals surface area contributed by atoms with Gasteiger partial charge in [-0.3, -0.25) is 0 Å². The summed E-state index contributed by atoms with van der Waals surface area (Å²) in [5.41, 5.74) is 4.83. The molecule has 2 rings (SSSR count). The fraction of sp³-hybridized carbons (Fsp3) is 0.375. The van der Waals surface area contributed by atoms with E-state index in [0.29, 0.717) is 0 Å². The van der Waals surface area contributed by atoms with Crippen LogP contribution in [0.4, 0.5) is 0 Å². The lowest BCUT2D eigenvalue weighted by Crippen LogP contribution is -2.18. The van der Waals surface area contributed by atoms with Crippen LogP contribution in [0.5, 0.6) is 0 Å². The molecule has 0 aliphatic carbocycles. The van der Waals surface area contributed by atoms with Crippen LogP contribution in [0.25, 0.3) is 11.4 Å². The molecule has 2 N–H and O–H groups in total. The van der Waals surface area contributed by atoms with Crippen molar-refractivity contribution in [2.24, 2.45) is 0 Å². The molecule has 0 atom stereocenters. The van der Waals surface area contributed by atoms with Gasteiger partial charge in [-0.1, -0.05) is 0 Å². The summed E-state index contributed by atoms with van der Waals surface area (Å²) < 4.78 is 0. The van der Waals surface area contributed by atoms with Crippen molar-refractivity contribution in [3.63, 3.8) is 0 Å². The molecule has 0 radical (unpaired) electrons. The van der Waals surface area contributed by atoms with E-state index in [4.69, 9.17) is 0 Å². The minimum atomic E-state index is 0.944. The van der Waals surface area contributed by atoms with Crippen LogP contribution in [0.3, 0.4) is 0 Å². The van der Waals surface area contributed by atoms with Crippen molar-refractivity contribution in [2.75, 3.05) is 28.2 Å². The predicted molar refractivity (Wildman–Crippen MR) is 79.8 cm³/mol. The lowest BCUT2D eigenvalue weighted by molar-refractivity contribution is -0.402. The van der Waals surface area contributed by atoms with Crippen LogP contribution in [0.15, 0.2) is 36.7 Å². The first-order valence-electron chi connectivity index (χ1n) is 6.85. The standard InChI is InChI=1S/C16H22N4/c1-19(2)11-13-5-7-17-15(9-13)16-10-14(6-8-18-16)12-20(3)4/h5-10H,11-12H2,1-4H3/p+2. The molecule has 0 aliphatic heterocycles. The molecular weight excluding hydrogens is 248 g/mol. The second-order valence-electron chi connectivity index (χ2n) is 5.70. The third kappa shape index (κ3) is 4.11. The van der Waals surface area contributed by atoms with E-state index < -0.39 is 0 Å². The number of hydrogen-bond acceptors (Lipinski definition) is 2. The molecule has 0 saturated carbocycles. The first-order valence-corrected chi connectivity index (χ1v) is 6.85. The van der Waals surface area contributed by atoms with Crippen molar-refractivity contribution in [1.82, 2.24) is 9.80 Å². The molecule has 0 aliphatic rings. The van der Waals surface area contributed by atoms with Crippen molar-refractivity contribution in [3.8, 4) is 11.4 Å². The van der Waals surface area contributed by atoms with Gasteiger partial charge >= 0.3 is 0 Å². The molecule has 0 saturated heterocycles. The minimum absolute atomic E-state index is 0.944. The second-order valence-corrected chi connectivity index (χ2v) is 5.70. The quantitative estimate of drug-likeness (QED) is 0.817. The lowest BCUT2D eigenvalue weighted by Gasteiger charge is -2.09. The van der Waals surface area contributed by atoms with E-state index in [1.54, 1.807) is 0 Å². The topological polar surface area (TPSA) is 34.8 Å². The van der Waals surface area contributed by atoms with Crippen LogP contribution >= 0.6 is 0 Å². The third-order valence-electron chi connectivity index (χ3n) is 3.02. The maximum absolute atomic E-state index is 3.32. The highest BCUT2D eigenvalue weighted by Crippen LogP contribution is 2.13. The van der Waals surface area contributed by atoms with Crippen molar-refractivity contribution in [3.05, 3.63) is 47.8 Å². The maximum atomic E-state index is 3.32. The number of nitrogens with one attached hydrogen (secondary N) is 2. The van der Waals surface area contributed by atoms with Gasteiger partial charge in [0.25, 0.3) is 11.4 Å². The molecule has 0 unspecified atom stereocenters. The number of nitrogens with zero attached hydrogens (tertiary/aromatic N) is 2. The van der Waals surface area contributed by atoms with E-state index in [2.05, 4.69) is 72.2 Å². The van der Waals surface area contributed by atoms with E-state index in [1.165, 1.54) is 11.1 Å². The van der Waals surface area contributed by atoms with E-state index >= 15 is 0 Å². The number of hydrogen-bond donors (Lipinski definition) is 0. The molecule has 0 aromatic carbocycles. The summed E-state index contributed by atoms with van der Waals surface area (Å²) in [5.74, 6) is 0. The van der Waals surface area contributed by atoms with Gasteiger partial charge in [-0.05, 0) is 39.3 Å². The normalized spacial score (nSPS) is 11.3. The molecule has 2 heterocycles. The molecule has 0 amide bonds. The van der Waals surface area contributed by atoms with Crippen LogP contribution in [0, 0.1) is 0 Å². The van der Waals surface area contributed by atoms with Crippen molar-refractivity contribution in [2.45, 2.75) is 13.1 Å². The van der Waals surface area contributed by atoms with Crippen molar-refractivity contribution >= 4 is 0 Å². The summed E-state index contributed by atoms with van der Waals surface area (Å²) >= 11 is 0. The van der Waals surface area contributed by atoms with Gasteiger partial charge in [0.2, 0.25) is 0 Å². The number of rotatable bonds is 5. The van der Waals surface area contributed by atoms with Crippen LogP contribution in [-0.4, -0.2) is 38.0 Å². The maximum Gasteiger partial charge on any atom is 0.275 e. The Morgan fingerprint density at radius 3 is 1.50 bits per heavy atom. The summed E-state index contributed by atoms with van der Waals surface area (Å²) in [6.07, 6.45) is 4.00. The van der Waals surface area contributed by atoms with Crippen molar-refractivity contribution < 1.29 is 9.97 Å². The Morgan fingerprint density at radius 1 is 0.750 bits per heavy atom. The van der Waals surface area contributed by atoms with E-state index in [0.717, 1.165) is 24.5 Å². The third-order valence-corrected chi connectivity index (χ3v) is 3.02. The molecule has 4 nitrogen and oxygen atoms in total. The average molecular weight is 272 g/mol. The van der Waals surface area contributed by atoms with Gasteiger partial charge in [-0.2, -0.15) is 0 Å². The molecule has 106 valence electrons. The van der Waals surface area contributed by atoms with Gasteiger partial charge in [-0.25, -0.2) is 9.97 Å². The molecule has 0 fully saturated rings. The predicted octanol–water partition coefficient (Wildman–Crippen LogP) is 1.10. The molecule has 0 bridgehead atoms. The molecule has 2 aromatic heterocycles. The lowest BCUT2D eigenvalue weighted by atomic mass is 10.1. The molecule has 0 spiro atoms. The highest BCUT2D eigenvalue weighted by molar-refractivity contribution is 5.48. The zero-order chi connectivity index (χ0) is 14.5. The summed E-state index contributed by atoms with van der Waals surface area (Å²) in [7, 11) is 8.33. The first-order chi connectivity index (χ1) is 9.54. The highest BCUT2D eigenvalue weighted by Gasteiger charge is 2.14. The smallest absolute Gasteiger partial charge is 0.275 e. The number of aromatic amines is 2. The van der Waals surface area contributed by atoms with Gasteiger partial charge in [-0.15, -0.1) is 0 Å². The largest absolute Gasteiger partial charge is 0.305 e. The second kappa shape index (κ2) is 6.59. The number of H-pyrrole nitrogens is 2. The monoisotopic (exact) mass is 272 g/mol. The fourth-order valence-corrected chi connectivity index (χ4v) is 2.27. The van der Waals surface area contributed by atoms with Crippen LogP contribution in [0.1, 0.15) is 11.1 Å². The zero-order valence-corrected chi connectivity index (χ0v) is 12.8. The first kappa shape index (κ1) is 14.6. The van der Waals surface area contributed by atoms with Crippen molar-refractivity contribution in [1.29, 1.82) is 0 Å². The number of aromatic nitrogens is 2. The highest BCUT2D eigenvalue weighted by atomic mass is 15.1. The van der Waals surface area contributed by atoms with Gasteiger partial charge in [0.05, 0.1) is 0 Å². The Kier molecular flexibility index (Phi) is 4.82. The Hall–Kier alpha value is -1.78. The Balaban J connectivity index is 2.26. The van der Waals surface area contributed by atoms with E-state index in [1.807, 2.05) is 12.4 Å². The van der Waals surface area contributed by atoms with Crippen LogP contribution < -0.4 is 9.97 Å². The Labute approximate surface area is 121 Å². The van der Waals surface area contributed by atoms with Gasteiger partial charge in [0.1, 0.15) is 0 Å². The summed E-state index contributed by atoms with van der Waals surface area (Å²) in [5, 5.41) is 0. The van der Waals surface area contributed by atoms with Crippen LogP contribution in [0.2, 0.25) is 0 Å². The van der Waals surface area contributed by atoms with E-state index in [9.17, 15) is 0 Å². The van der Waals surface area contributed by atoms with Crippen LogP contribution in [-0.2, 0) is 13.1 Å². The molecule has 2 aromatic rings. The van der Waals surface area contributed by atoms with Gasteiger partial charge in [0, 0.05) is 37.4 Å². The van der Waals surface area contributed by atoms with Gasteiger partial charge < -0.3 is 9.80 Å². The van der Waals surface area contributed by atoms with Gasteiger partial charge in [0.15, 0.2) is 12.4 Å². The van der Waals surface area contributed by atoms with E-state index in [-0.39, 0.29) is 0 Å². The summed E-state index contributed by atoms with van der Waals surface area (Å²) in [6, 6.07) is 8.64. The molecule has 20 heavy (non-hydrogen) atoms. The summed E-state index contributed by atoms with van der Waals surface area (Å²) in [4.78, 5) is 11.0. The SMILES string of the molecule is CN(C)Cc1cc[nH+]c(-c2cc(CN(C)C)cc[nH+]2)c1. The Bertz CT molecular complexity index is 512. The fourth-order valence-electron chi connectivity index (χ4n) is 2.27.